The third-order valence-electron chi connectivity index (χ3n) is 2.74. The van der Waals surface area contributed by atoms with Gasteiger partial charge in [0.2, 0.25) is 0 Å². The summed E-state index contributed by atoms with van der Waals surface area (Å²) in [6, 6.07) is 9.65. The van der Waals surface area contributed by atoms with Crippen LogP contribution in [0.3, 0.4) is 0 Å². The average molecular weight is 296 g/mol. The van der Waals surface area contributed by atoms with Crippen molar-refractivity contribution in [2.75, 3.05) is 0 Å². The van der Waals surface area contributed by atoms with Crippen LogP contribution in [0, 0.1) is 10.1 Å². The van der Waals surface area contributed by atoms with Crippen LogP contribution < -0.4 is 0 Å². The first-order valence-electron chi connectivity index (χ1n) is 5.88. The SMILES string of the molecule is Cl.O=C(CCc1ccccc1)Cn1ccnc1[N+](=O)[O-]. The molecule has 1 aromatic heterocycles. The van der Waals surface area contributed by atoms with Crippen molar-refractivity contribution >= 4 is 24.1 Å². The molecule has 0 N–H and O–H groups in total. The maximum atomic E-state index is 11.8. The van der Waals surface area contributed by atoms with Crippen molar-refractivity contribution in [1.29, 1.82) is 0 Å². The van der Waals surface area contributed by atoms with Gasteiger partial charge < -0.3 is 10.1 Å². The molecule has 0 atom stereocenters. The highest BCUT2D eigenvalue weighted by atomic mass is 35.5. The number of carbonyl (C=O) groups is 1. The van der Waals surface area contributed by atoms with Crippen molar-refractivity contribution in [1.82, 2.24) is 9.55 Å². The predicted molar refractivity (Wildman–Crippen MR) is 75.9 cm³/mol. The number of nitro groups is 1. The topological polar surface area (TPSA) is 78.0 Å². The Morgan fingerprint density at radius 1 is 1.30 bits per heavy atom. The molecule has 0 amide bonds. The fourth-order valence-corrected chi connectivity index (χ4v) is 1.79. The first-order valence-corrected chi connectivity index (χ1v) is 5.88. The van der Waals surface area contributed by atoms with Crippen LogP contribution in [0.15, 0.2) is 42.7 Å². The van der Waals surface area contributed by atoms with Crippen LogP contribution >= 0.6 is 12.4 Å². The number of aryl methyl sites for hydroxylation is 1. The molecule has 0 aliphatic rings. The number of carbonyl (C=O) groups excluding carboxylic acids is 1. The van der Waals surface area contributed by atoms with Crippen molar-refractivity contribution in [3.8, 4) is 0 Å². The lowest BCUT2D eigenvalue weighted by Gasteiger charge is -2.02. The van der Waals surface area contributed by atoms with Gasteiger partial charge in [0.05, 0.1) is 0 Å². The Morgan fingerprint density at radius 2 is 2.00 bits per heavy atom. The Bertz CT molecular complexity index is 584. The maximum absolute atomic E-state index is 11.8. The zero-order valence-corrected chi connectivity index (χ0v) is 11.5. The van der Waals surface area contributed by atoms with Crippen LogP contribution in [-0.2, 0) is 17.8 Å². The van der Waals surface area contributed by atoms with E-state index in [1.807, 2.05) is 30.3 Å². The van der Waals surface area contributed by atoms with E-state index in [1.54, 1.807) is 0 Å². The molecule has 7 heteroatoms. The summed E-state index contributed by atoms with van der Waals surface area (Å²) in [7, 11) is 0. The highest BCUT2D eigenvalue weighted by Gasteiger charge is 2.16. The molecule has 0 spiro atoms. The van der Waals surface area contributed by atoms with Gasteiger partial charge in [0.1, 0.15) is 18.9 Å². The van der Waals surface area contributed by atoms with Gasteiger partial charge in [-0.2, -0.15) is 0 Å². The molecule has 0 bridgehead atoms. The Labute approximate surface area is 122 Å². The second-order valence-electron chi connectivity index (χ2n) is 4.14. The van der Waals surface area contributed by atoms with Gasteiger partial charge in [-0.15, -0.1) is 12.4 Å². The molecule has 2 rings (SSSR count). The van der Waals surface area contributed by atoms with E-state index < -0.39 is 4.92 Å². The van der Waals surface area contributed by atoms with E-state index in [-0.39, 0.29) is 30.7 Å². The maximum Gasteiger partial charge on any atom is 0.434 e. The van der Waals surface area contributed by atoms with Crippen molar-refractivity contribution < 1.29 is 9.72 Å². The van der Waals surface area contributed by atoms with Gasteiger partial charge in [0.25, 0.3) is 0 Å². The molecule has 0 fully saturated rings. The molecule has 1 aromatic carbocycles. The van der Waals surface area contributed by atoms with E-state index in [9.17, 15) is 14.9 Å². The summed E-state index contributed by atoms with van der Waals surface area (Å²) < 4.78 is 1.26. The Balaban J connectivity index is 0.00000200. The third kappa shape index (κ3) is 4.17. The number of benzene rings is 1. The standard InChI is InChI=1S/C13H13N3O3.ClH/c17-12(7-6-11-4-2-1-3-5-11)10-15-9-8-14-13(15)16(18)19;/h1-5,8-9H,6-7,10H2;1H. The van der Waals surface area contributed by atoms with E-state index in [0.717, 1.165) is 5.56 Å². The van der Waals surface area contributed by atoms with Gasteiger partial charge >= 0.3 is 5.95 Å². The summed E-state index contributed by atoms with van der Waals surface area (Å²) in [4.78, 5) is 25.4. The van der Waals surface area contributed by atoms with Crippen LogP contribution in [0.1, 0.15) is 12.0 Å². The Hall–Kier alpha value is -2.21. The third-order valence-corrected chi connectivity index (χ3v) is 2.74. The number of nitrogens with zero attached hydrogens (tertiary/aromatic N) is 3. The second-order valence-corrected chi connectivity index (χ2v) is 4.14. The molecular formula is C13H14ClN3O3. The average Bonchev–Trinajstić information content (AvgIpc) is 2.86. The minimum absolute atomic E-state index is 0. The van der Waals surface area contributed by atoms with Crippen LogP contribution in [0.5, 0.6) is 0 Å². The first kappa shape index (κ1) is 15.8. The molecule has 0 unspecified atom stereocenters. The number of hydrogen-bond acceptors (Lipinski definition) is 4. The molecule has 0 radical (unpaired) electrons. The van der Waals surface area contributed by atoms with Crippen molar-refractivity contribution in [3.05, 3.63) is 58.4 Å². The van der Waals surface area contributed by atoms with E-state index in [2.05, 4.69) is 4.98 Å². The van der Waals surface area contributed by atoms with Gasteiger partial charge in [0.15, 0.2) is 5.78 Å². The van der Waals surface area contributed by atoms with E-state index in [0.29, 0.717) is 12.8 Å². The zero-order chi connectivity index (χ0) is 13.7. The number of imidazole rings is 1. The minimum Gasteiger partial charge on any atom is -0.390 e. The fourth-order valence-electron chi connectivity index (χ4n) is 1.79. The molecule has 20 heavy (non-hydrogen) atoms. The smallest absolute Gasteiger partial charge is 0.390 e. The minimum atomic E-state index is -0.593. The monoisotopic (exact) mass is 295 g/mol. The van der Waals surface area contributed by atoms with Crippen molar-refractivity contribution in [2.24, 2.45) is 0 Å². The quantitative estimate of drug-likeness (QED) is 0.605. The number of Topliss-reactive ketones (excluding diaryl/α,β-unsaturated/α-hetero) is 1. The van der Waals surface area contributed by atoms with Crippen LogP contribution in [0.2, 0.25) is 0 Å². The molecule has 1 heterocycles. The molecule has 2 aromatic rings. The zero-order valence-electron chi connectivity index (χ0n) is 10.6. The highest BCUT2D eigenvalue weighted by Crippen LogP contribution is 2.09. The lowest BCUT2D eigenvalue weighted by molar-refractivity contribution is -0.396. The molecule has 0 aliphatic heterocycles. The lowest BCUT2D eigenvalue weighted by atomic mass is 10.1. The molecule has 106 valence electrons. The molecule has 0 saturated heterocycles. The van der Waals surface area contributed by atoms with Gasteiger partial charge in [0, 0.05) is 6.42 Å². The summed E-state index contributed by atoms with van der Waals surface area (Å²) in [5.74, 6) is -0.349. The van der Waals surface area contributed by atoms with Crippen LogP contribution in [-0.4, -0.2) is 20.3 Å². The van der Waals surface area contributed by atoms with Crippen LogP contribution in [0.4, 0.5) is 5.95 Å². The molecule has 0 saturated carbocycles. The molecule has 6 nitrogen and oxygen atoms in total. The Morgan fingerprint density at radius 3 is 2.65 bits per heavy atom. The summed E-state index contributed by atoms with van der Waals surface area (Å²) in [5, 5.41) is 10.7. The summed E-state index contributed by atoms with van der Waals surface area (Å²) in [5.41, 5.74) is 1.08. The summed E-state index contributed by atoms with van der Waals surface area (Å²) in [6.07, 6.45) is 3.77. The number of rotatable bonds is 6. The highest BCUT2D eigenvalue weighted by molar-refractivity contribution is 5.85. The van der Waals surface area contributed by atoms with E-state index >= 15 is 0 Å². The summed E-state index contributed by atoms with van der Waals surface area (Å²) >= 11 is 0. The Kier molecular flexibility index (Phi) is 5.86. The van der Waals surface area contributed by atoms with E-state index in [4.69, 9.17) is 0 Å². The van der Waals surface area contributed by atoms with Gasteiger partial charge in [-0.1, -0.05) is 35.3 Å². The van der Waals surface area contributed by atoms with Gasteiger partial charge in [-0.3, -0.25) is 4.79 Å². The predicted octanol–water partition coefficient (Wildman–Crippen LogP) is 2.42. The molecule has 0 aliphatic carbocycles. The number of aromatic nitrogens is 2. The second kappa shape index (κ2) is 7.40. The number of halogens is 1. The van der Waals surface area contributed by atoms with Crippen LogP contribution in [0.25, 0.3) is 0 Å². The number of ketones is 1. The lowest BCUT2D eigenvalue weighted by Crippen LogP contribution is -2.12. The van der Waals surface area contributed by atoms with Gasteiger partial charge in [-0.05, 0) is 16.9 Å². The van der Waals surface area contributed by atoms with Crippen molar-refractivity contribution in [2.45, 2.75) is 19.4 Å². The van der Waals surface area contributed by atoms with Crippen molar-refractivity contribution in [3.63, 3.8) is 0 Å². The van der Waals surface area contributed by atoms with Gasteiger partial charge in [-0.25, -0.2) is 4.57 Å². The first-order chi connectivity index (χ1) is 9.16. The normalized spacial score (nSPS) is 9.80. The van der Waals surface area contributed by atoms with E-state index in [1.165, 1.54) is 17.0 Å². The largest absolute Gasteiger partial charge is 0.434 e. The summed E-state index contributed by atoms with van der Waals surface area (Å²) in [6.45, 7) is -0.0108. The molecular weight excluding hydrogens is 282 g/mol. The number of hydrogen-bond donors (Lipinski definition) is 0. The fraction of sp³-hybridized carbons (Fsp3) is 0.231.